The van der Waals surface area contributed by atoms with Crippen molar-refractivity contribution in [3.8, 4) is 0 Å². The molecule has 2 N–H and O–H groups in total. The summed E-state index contributed by atoms with van der Waals surface area (Å²) in [5, 5.41) is 3.17. The number of Topliss-reactive ketones (excluding diaryl/α,β-unsaturated/α-hetero) is 1. The number of thiazole rings is 1. The van der Waals surface area contributed by atoms with Crippen LogP contribution in [0.15, 0.2) is 48.0 Å². The quantitative estimate of drug-likeness (QED) is 0.609. The minimum Gasteiger partial charge on any atom is -0.397 e. The summed E-state index contributed by atoms with van der Waals surface area (Å²) in [5.41, 5.74) is 9.22. The summed E-state index contributed by atoms with van der Waals surface area (Å²) in [6.07, 6.45) is 6.24. The van der Waals surface area contributed by atoms with E-state index < -0.39 is 0 Å². The van der Waals surface area contributed by atoms with Gasteiger partial charge in [-0.25, -0.2) is 4.98 Å². The Bertz CT molecular complexity index is 1000. The molecule has 0 radical (unpaired) electrons. The molecule has 8 heteroatoms. The summed E-state index contributed by atoms with van der Waals surface area (Å²) in [6.45, 7) is 2.74. The van der Waals surface area contributed by atoms with Gasteiger partial charge in [-0.05, 0) is 30.9 Å². The third-order valence-corrected chi connectivity index (χ3v) is 5.86. The zero-order chi connectivity index (χ0) is 21.3. The van der Waals surface area contributed by atoms with E-state index in [0.29, 0.717) is 24.3 Å². The Balaban J connectivity index is 0.000000806. The number of ketones is 1. The number of nitrogen functional groups attached to an aromatic ring is 1. The third kappa shape index (κ3) is 5.65. The molecule has 4 rings (SSSR count). The van der Waals surface area contributed by atoms with Crippen molar-refractivity contribution in [2.75, 3.05) is 23.7 Å². The van der Waals surface area contributed by atoms with Gasteiger partial charge in [0.1, 0.15) is 0 Å². The average Bonchev–Trinajstić information content (AvgIpc) is 3.37. The van der Waals surface area contributed by atoms with Crippen LogP contribution in [0.3, 0.4) is 0 Å². The van der Waals surface area contributed by atoms with Crippen LogP contribution in [-0.2, 0) is 22.6 Å². The number of nitrogens with zero attached hydrogens (tertiary/aromatic N) is 3. The lowest BCUT2D eigenvalue weighted by atomic mass is 10.1. The normalized spacial score (nSPS) is 13.3. The molecule has 0 unspecified atom stereocenters. The lowest BCUT2D eigenvalue weighted by molar-refractivity contribution is -0.191. The van der Waals surface area contributed by atoms with Crippen LogP contribution in [0.5, 0.6) is 0 Å². The molecular formula is C22H24N4O3S. The standard InChI is InChI=1S/C21H24N4OS.CO2/c22-17-12-19(20(26)11-16-7-3-1-4-8-16)25(13-17)14-18-15-27-21(23-18)24-9-5-2-6-10-24;2-1-3/h1,3-4,7-8,12-13,15H,2,5-6,9-11,14,22H2;. The number of carbonyl (C=O) groups is 1. The van der Waals surface area contributed by atoms with Gasteiger partial charge in [0.05, 0.1) is 23.6 Å². The maximum absolute atomic E-state index is 12.8. The van der Waals surface area contributed by atoms with E-state index in [0.717, 1.165) is 29.5 Å². The van der Waals surface area contributed by atoms with E-state index in [1.54, 1.807) is 17.4 Å². The first-order valence-electron chi connectivity index (χ1n) is 9.82. The lowest BCUT2D eigenvalue weighted by Gasteiger charge is -2.25. The smallest absolute Gasteiger partial charge is 0.373 e. The van der Waals surface area contributed by atoms with Crippen LogP contribution < -0.4 is 10.6 Å². The summed E-state index contributed by atoms with van der Waals surface area (Å²) in [6, 6.07) is 11.6. The van der Waals surface area contributed by atoms with Gasteiger partial charge in [0, 0.05) is 31.1 Å². The van der Waals surface area contributed by atoms with Gasteiger partial charge in [-0.2, -0.15) is 9.59 Å². The fourth-order valence-corrected chi connectivity index (χ4v) is 4.41. The number of hydrogen-bond donors (Lipinski definition) is 1. The molecule has 1 fully saturated rings. The minimum absolute atomic E-state index is 0.0735. The number of benzene rings is 1. The molecule has 1 aliphatic rings. The van der Waals surface area contributed by atoms with Crippen molar-refractivity contribution in [3.05, 3.63) is 64.9 Å². The first kappa shape index (κ1) is 21.5. The predicted octanol–water partition coefficient (Wildman–Crippen LogP) is 3.41. The van der Waals surface area contributed by atoms with Crippen LogP contribution >= 0.6 is 11.3 Å². The Morgan fingerprint density at radius 3 is 2.53 bits per heavy atom. The first-order chi connectivity index (χ1) is 14.6. The molecule has 1 aromatic carbocycles. The number of nitrogens with two attached hydrogens (primary N) is 1. The lowest BCUT2D eigenvalue weighted by Crippen LogP contribution is -2.29. The Hall–Kier alpha value is -3.22. The molecular weight excluding hydrogens is 400 g/mol. The molecule has 0 bridgehead atoms. The second-order valence-corrected chi connectivity index (χ2v) is 7.96. The largest absolute Gasteiger partial charge is 0.397 e. The number of aromatic nitrogens is 2. The van der Waals surface area contributed by atoms with Crippen LogP contribution in [-0.4, -0.2) is 34.6 Å². The molecule has 0 atom stereocenters. The zero-order valence-electron chi connectivity index (χ0n) is 16.6. The van der Waals surface area contributed by atoms with Crippen molar-refractivity contribution in [3.63, 3.8) is 0 Å². The molecule has 0 aliphatic carbocycles. The van der Waals surface area contributed by atoms with Gasteiger partial charge in [-0.3, -0.25) is 4.79 Å². The van der Waals surface area contributed by atoms with Crippen molar-refractivity contribution in [1.82, 2.24) is 9.55 Å². The number of carbonyl (C=O) groups excluding carboxylic acids is 3. The maximum Gasteiger partial charge on any atom is 0.373 e. The van der Waals surface area contributed by atoms with Crippen molar-refractivity contribution in [2.45, 2.75) is 32.2 Å². The second kappa shape index (κ2) is 10.5. The van der Waals surface area contributed by atoms with E-state index in [1.807, 2.05) is 41.1 Å². The summed E-state index contributed by atoms with van der Waals surface area (Å²) in [4.78, 5) is 36.2. The van der Waals surface area contributed by atoms with Crippen LogP contribution in [0.4, 0.5) is 10.8 Å². The van der Waals surface area contributed by atoms with Crippen molar-refractivity contribution >= 4 is 34.1 Å². The summed E-state index contributed by atoms with van der Waals surface area (Å²) in [7, 11) is 0. The van der Waals surface area contributed by atoms with Gasteiger partial charge in [-0.1, -0.05) is 30.3 Å². The highest BCUT2D eigenvalue weighted by molar-refractivity contribution is 7.13. The minimum atomic E-state index is 0.0735. The number of piperidine rings is 1. The van der Waals surface area contributed by atoms with Crippen LogP contribution in [0, 0.1) is 0 Å². The van der Waals surface area contributed by atoms with Gasteiger partial charge in [0.2, 0.25) is 0 Å². The Labute approximate surface area is 179 Å². The first-order valence-corrected chi connectivity index (χ1v) is 10.7. The van der Waals surface area contributed by atoms with E-state index in [4.69, 9.17) is 20.3 Å². The van der Waals surface area contributed by atoms with Gasteiger partial charge in [0.25, 0.3) is 0 Å². The second-order valence-electron chi connectivity index (χ2n) is 7.12. The summed E-state index contributed by atoms with van der Waals surface area (Å²) >= 11 is 1.68. The van der Waals surface area contributed by atoms with Gasteiger partial charge in [-0.15, -0.1) is 11.3 Å². The highest BCUT2D eigenvalue weighted by Gasteiger charge is 2.17. The molecule has 3 heterocycles. The number of anilines is 2. The maximum atomic E-state index is 12.8. The molecule has 2 aromatic heterocycles. The molecule has 3 aromatic rings. The number of hydrogen-bond acceptors (Lipinski definition) is 7. The fourth-order valence-electron chi connectivity index (χ4n) is 3.54. The topological polar surface area (TPSA) is 98.3 Å². The van der Waals surface area contributed by atoms with Crippen molar-refractivity contribution < 1.29 is 14.4 Å². The predicted molar refractivity (Wildman–Crippen MR) is 116 cm³/mol. The molecule has 1 saturated heterocycles. The van der Waals surface area contributed by atoms with E-state index in [1.165, 1.54) is 19.3 Å². The highest BCUT2D eigenvalue weighted by atomic mass is 32.1. The Morgan fingerprint density at radius 2 is 1.83 bits per heavy atom. The fraction of sp³-hybridized carbons (Fsp3) is 0.318. The molecule has 156 valence electrons. The van der Waals surface area contributed by atoms with Crippen LogP contribution in [0.1, 0.15) is 41.0 Å². The van der Waals surface area contributed by atoms with Crippen LogP contribution in [0.2, 0.25) is 0 Å². The van der Waals surface area contributed by atoms with E-state index in [2.05, 4.69) is 10.3 Å². The number of rotatable bonds is 6. The molecule has 7 nitrogen and oxygen atoms in total. The SMILES string of the molecule is Nc1cc(C(=O)Cc2ccccc2)n(Cc2csc(N3CCCCC3)n2)c1.O=C=O. The van der Waals surface area contributed by atoms with E-state index >= 15 is 0 Å². The monoisotopic (exact) mass is 424 g/mol. The molecule has 0 amide bonds. The molecule has 30 heavy (non-hydrogen) atoms. The third-order valence-electron chi connectivity index (χ3n) is 4.91. The van der Waals surface area contributed by atoms with Crippen LogP contribution in [0.25, 0.3) is 0 Å². The van der Waals surface area contributed by atoms with Gasteiger partial charge in [0.15, 0.2) is 10.9 Å². The highest BCUT2D eigenvalue weighted by Crippen LogP contribution is 2.25. The van der Waals surface area contributed by atoms with E-state index in [9.17, 15) is 4.79 Å². The summed E-state index contributed by atoms with van der Waals surface area (Å²) in [5.74, 6) is 0.0735. The molecule has 0 saturated carbocycles. The van der Waals surface area contributed by atoms with Crippen molar-refractivity contribution in [2.24, 2.45) is 0 Å². The average molecular weight is 425 g/mol. The van der Waals surface area contributed by atoms with E-state index in [-0.39, 0.29) is 11.9 Å². The Kier molecular flexibility index (Phi) is 7.54. The molecule has 0 spiro atoms. The van der Waals surface area contributed by atoms with Gasteiger partial charge >= 0.3 is 6.15 Å². The summed E-state index contributed by atoms with van der Waals surface area (Å²) < 4.78 is 1.93. The van der Waals surface area contributed by atoms with Crippen molar-refractivity contribution in [1.29, 1.82) is 0 Å². The van der Waals surface area contributed by atoms with Gasteiger partial charge < -0.3 is 15.2 Å². The zero-order valence-corrected chi connectivity index (χ0v) is 17.4. The molecule has 1 aliphatic heterocycles. The Morgan fingerprint density at radius 1 is 1.13 bits per heavy atom.